The molecule has 1 amide bonds. The van der Waals surface area contributed by atoms with E-state index in [1.807, 2.05) is 24.3 Å². The number of hydrogen-bond acceptors (Lipinski definition) is 5. The number of carbonyl (C=O) groups is 1. The molecule has 1 aromatic heterocycles. The zero-order chi connectivity index (χ0) is 18.8. The van der Waals surface area contributed by atoms with Crippen molar-refractivity contribution in [2.24, 2.45) is 0 Å². The van der Waals surface area contributed by atoms with Crippen LogP contribution in [-0.2, 0) is 0 Å². The molecule has 0 aliphatic rings. The molecule has 6 heteroatoms. The maximum Gasteiger partial charge on any atom is 0.255 e. The number of rotatable bonds is 4. The highest BCUT2D eigenvalue weighted by Gasteiger charge is 2.12. The number of carbonyl (C=O) groups excluding carboxylic acids is 1. The van der Waals surface area contributed by atoms with Crippen LogP contribution in [0.25, 0.3) is 22.1 Å². The SMILES string of the molecule is COc1ccc(NC(=O)c2ccc3nc4ccccc4nc3c2)c(OC)c1. The number of aromatic nitrogens is 2. The van der Waals surface area contributed by atoms with Gasteiger partial charge in [-0.2, -0.15) is 0 Å². The highest BCUT2D eigenvalue weighted by molar-refractivity contribution is 6.06. The number of nitrogens with one attached hydrogen (secondary N) is 1. The molecule has 0 saturated carbocycles. The molecule has 0 spiro atoms. The van der Waals surface area contributed by atoms with Gasteiger partial charge in [0, 0.05) is 11.6 Å². The van der Waals surface area contributed by atoms with Gasteiger partial charge in [0.25, 0.3) is 5.91 Å². The summed E-state index contributed by atoms with van der Waals surface area (Å²) >= 11 is 0. The van der Waals surface area contributed by atoms with Gasteiger partial charge in [-0.15, -0.1) is 0 Å². The second-order valence-electron chi connectivity index (χ2n) is 5.94. The van der Waals surface area contributed by atoms with Crippen molar-refractivity contribution in [1.29, 1.82) is 0 Å². The third-order valence-electron chi connectivity index (χ3n) is 4.26. The van der Waals surface area contributed by atoms with Crippen molar-refractivity contribution in [3.63, 3.8) is 0 Å². The molecule has 0 radical (unpaired) electrons. The van der Waals surface area contributed by atoms with Crippen LogP contribution < -0.4 is 14.8 Å². The van der Waals surface area contributed by atoms with E-state index in [2.05, 4.69) is 15.3 Å². The first-order chi connectivity index (χ1) is 13.2. The van der Waals surface area contributed by atoms with Crippen molar-refractivity contribution < 1.29 is 14.3 Å². The van der Waals surface area contributed by atoms with E-state index in [1.54, 1.807) is 50.6 Å². The zero-order valence-corrected chi connectivity index (χ0v) is 14.9. The van der Waals surface area contributed by atoms with Crippen LogP contribution in [0.1, 0.15) is 10.4 Å². The van der Waals surface area contributed by atoms with E-state index in [0.29, 0.717) is 28.3 Å². The molecule has 0 bridgehead atoms. The fraction of sp³-hybridized carbons (Fsp3) is 0.0952. The van der Waals surface area contributed by atoms with Crippen LogP contribution in [-0.4, -0.2) is 30.1 Å². The second-order valence-corrected chi connectivity index (χ2v) is 5.94. The number of para-hydroxylation sites is 2. The average Bonchev–Trinajstić information content (AvgIpc) is 2.72. The van der Waals surface area contributed by atoms with Gasteiger partial charge in [0.2, 0.25) is 0 Å². The first-order valence-electron chi connectivity index (χ1n) is 8.38. The quantitative estimate of drug-likeness (QED) is 0.557. The van der Waals surface area contributed by atoms with Gasteiger partial charge in [-0.05, 0) is 42.5 Å². The molecular formula is C21H17N3O3. The van der Waals surface area contributed by atoms with Crippen LogP contribution in [0, 0.1) is 0 Å². The first-order valence-corrected chi connectivity index (χ1v) is 8.38. The molecule has 4 rings (SSSR count). The van der Waals surface area contributed by atoms with Gasteiger partial charge in [-0.25, -0.2) is 9.97 Å². The molecule has 0 unspecified atom stereocenters. The van der Waals surface area contributed by atoms with Crippen molar-refractivity contribution >= 4 is 33.7 Å². The van der Waals surface area contributed by atoms with E-state index in [0.717, 1.165) is 16.6 Å². The highest BCUT2D eigenvalue weighted by atomic mass is 16.5. The molecule has 0 aliphatic carbocycles. The minimum absolute atomic E-state index is 0.254. The largest absolute Gasteiger partial charge is 0.497 e. The summed E-state index contributed by atoms with van der Waals surface area (Å²) in [7, 11) is 3.12. The standard InChI is InChI=1S/C21H17N3O3/c1-26-14-8-10-18(20(12-14)27-2)24-21(25)13-7-9-17-19(11-13)23-16-6-4-3-5-15(16)22-17/h3-12H,1-2H3,(H,24,25). The summed E-state index contributed by atoms with van der Waals surface area (Å²) < 4.78 is 10.5. The lowest BCUT2D eigenvalue weighted by molar-refractivity contribution is 0.102. The van der Waals surface area contributed by atoms with Crippen LogP contribution in [0.5, 0.6) is 11.5 Å². The number of anilines is 1. The summed E-state index contributed by atoms with van der Waals surface area (Å²) in [5.41, 5.74) is 4.08. The van der Waals surface area contributed by atoms with Gasteiger partial charge in [0.1, 0.15) is 11.5 Å². The van der Waals surface area contributed by atoms with Gasteiger partial charge in [-0.1, -0.05) is 12.1 Å². The number of hydrogen-bond donors (Lipinski definition) is 1. The Morgan fingerprint density at radius 2 is 1.52 bits per heavy atom. The minimum Gasteiger partial charge on any atom is -0.497 e. The zero-order valence-electron chi connectivity index (χ0n) is 14.9. The smallest absolute Gasteiger partial charge is 0.255 e. The summed E-state index contributed by atoms with van der Waals surface area (Å²) in [6.45, 7) is 0. The molecule has 0 aliphatic heterocycles. The van der Waals surface area contributed by atoms with E-state index >= 15 is 0 Å². The normalized spacial score (nSPS) is 10.7. The van der Waals surface area contributed by atoms with Crippen LogP contribution in [0.4, 0.5) is 5.69 Å². The van der Waals surface area contributed by atoms with Crippen LogP contribution in [0.3, 0.4) is 0 Å². The molecule has 1 N–H and O–H groups in total. The summed E-state index contributed by atoms with van der Waals surface area (Å²) in [4.78, 5) is 21.9. The third-order valence-corrected chi connectivity index (χ3v) is 4.26. The van der Waals surface area contributed by atoms with E-state index in [1.165, 1.54) is 0 Å². The summed E-state index contributed by atoms with van der Waals surface area (Å²) in [5, 5.41) is 2.86. The number of methoxy groups -OCH3 is 2. The lowest BCUT2D eigenvalue weighted by atomic mass is 10.1. The molecule has 134 valence electrons. The molecule has 3 aromatic carbocycles. The maximum atomic E-state index is 12.7. The Hall–Kier alpha value is -3.67. The number of amides is 1. The Morgan fingerprint density at radius 3 is 2.22 bits per heavy atom. The summed E-state index contributed by atoms with van der Waals surface area (Å²) in [6.07, 6.45) is 0. The monoisotopic (exact) mass is 359 g/mol. The van der Waals surface area contributed by atoms with Crippen LogP contribution in [0.15, 0.2) is 60.7 Å². The van der Waals surface area contributed by atoms with Crippen molar-refractivity contribution in [3.8, 4) is 11.5 Å². The average molecular weight is 359 g/mol. The predicted octanol–water partition coefficient (Wildman–Crippen LogP) is 4.05. The van der Waals surface area contributed by atoms with Gasteiger partial charge in [-0.3, -0.25) is 4.79 Å². The van der Waals surface area contributed by atoms with Crippen molar-refractivity contribution in [2.75, 3.05) is 19.5 Å². The fourth-order valence-electron chi connectivity index (χ4n) is 2.86. The third kappa shape index (κ3) is 3.25. The lowest BCUT2D eigenvalue weighted by Gasteiger charge is -2.12. The Morgan fingerprint density at radius 1 is 0.815 bits per heavy atom. The summed E-state index contributed by atoms with van der Waals surface area (Å²) in [6, 6.07) is 18.1. The predicted molar refractivity (Wildman–Crippen MR) is 105 cm³/mol. The number of ether oxygens (including phenoxy) is 2. The highest BCUT2D eigenvalue weighted by Crippen LogP contribution is 2.29. The first kappa shape index (κ1) is 16.8. The van der Waals surface area contributed by atoms with Gasteiger partial charge in [0.05, 0.1) is 42.0 Å². The summed E-state index contributed by atoms with van der Waals surface area (Å²) in [5.74, 6) is 0.919. The van der Waals surface area contributed by atoms with Gasteiger partial charge >= 0.3 is 0 Å². The molecule has 27 heavy (non-hydrogen) atoms. The van der Waals surface area contributed by atoms with Crippen molar-refractivity contribution in [2.45, 2.75) is 0 Å². The molecular weight excluding hydrogens is 342 g/mol. The van der Waals surface area contributed by atoms with Crippen LogP contribution >= 0.6 is 0 Å². The molecule has 0 atom stereocenters. The van der Waals surface area contributed by atoms with E-state index in [9.17, 15) is 4.79 Å². The van der Waals surface area contributed by atoms with E-state index in [-0.39, 0.29) is 5.91 Å². The Labute approximate surface area is 155 Å². The molecule has 6 nitrogen and oxygen atoms in total. The molecule has 0 saturated heterocycles. The number of benzene rings is 3. The van der Waals surface area contributed by atoms with Crippen LogP contribution in [0.2, 0.25) is 0 Å². The fourth-order valence-corrected chi connectivity index (χ4v) is 2.86. The minimum atomic E-state index is -0.254. The van der Waals surface area contributed by atoms with E-state index in [4.69, 9.17) is 9.47 Å². The topological polar surface area (TPSA) is 73.3 Å². The molecule has 0 fully saturated rings. The second kappa shape index (κ2) is 6.92. The van der Waals surface area contributed by atoms with E-state index < -0.39 is 0 Å². The Balaban J connectivity index is 1.67. The Bertz CT molecular complexity index is 1160. The number of nitrogens with zero attached hydrogens (tertiary/aromatic N) is 2. The molecule has 1 heterocycles. The maximum absolute atomic E-state index is 12.7. The van der Waals surface area contributed by atoms with Crippen molar-refractivity contribution in [1.82, 2.24) is 9.97 Å². The Kier molecular flexibility index (Phi) is 4.30. The van der Waals surface area contributed by atoms with Crippen molar-refractivity contribution in [3.05, 3.63) is 66.2 Å². The lowest BCUT2D eigenvalue weighted by Crippen LogP contribution is -2.12. The van der Waals surface area contributed by atoms with Gasteiger partial charge in [0.15, 0.2) is 0 Å². The van der Waals surface area contributed by atoms with Gasteiger partial charge < -0.3 is 14.8 Å². The molecule has 4 aromatic rings. The number of fused-ring (bicyclic) bond motifs is 2.